The van der Waals surface area contributed by atoms with Gasteiger partial charge in [-0.3, -0.25) is 19.3 Å². The van der Waals surface area contributed by atoms with E-state index in [0.29, 0.717) is 18.5 Å². The molecule has 0 aromatic heterocycles. The number of nitrogens with one attached hydrogen (secondary N) is 1. The van der Waals surface area contributed by atoms with Crippen molar-refractivity contribution >= 4 is 34.9 Å². The van der Waals surface area contributed by atoms with E-state index in [1.165, 1.54) is 30.3 Å². The standard InChI is InChI=1S/C20H17FN2O4S/c21-15-5-1-14(2-6-15)11-17-19(26)23(20(27)28-17)12-18(25)22-10-9-13-3-7-16(24)8-4-13/h1-8,11,24H,9-10,12H2,(H,22,25). The molecule has 0 bridgehead atoms. The van der Waals surface area contributed by atoms with Crippen LogP contribution in [0.15, 0.2) is 53.4 Å². The lowest BCUT2D eigenvalue weighted by Gasteiger charge is -2.12. The Kier molecular flexibility index (Phi) is 6.10. The van der Waals surface area contributed by atoms with Crippen molar-refractivity contribution in [3.63, 3.8) is 0 Å². The second-order valence-electron chi connectivity index (χ2n) is 6.09. The average Bonchev–Trinajstić information content (AvgIpc) is 2.92. The Balaban J connectivity index is 1.54. The molecule has 0 saturated carbocycles. The van der Waals surface area contributed by atoms with E-state index >= 15 is 0 Å². The molecule has 1 fully saturated rings. The highest BCUT2D eigenvalue weighted by Crippen LogP contribution is 2.31. The van der Waals surface area contributed by atoms with Gasteiger partial charge in [0.2, 0.25) is 5.91 Å². The van der Waals surface area contributed by atoms with Gasteiger partial charge in [-0.2, -0.15) is 0 Å². The summed E-state index contributed by atoms with van der Waals surface area (Å²) in [5.74, 6) is -1.22. The van der Waals surface area contributed by atoms with Crippen LogP contribution >= 0.6 is 11.8 Å². The Morgan fingerprint density at radius 3 is 2.46 bits per heavy atom. The number of benzene rings is 2. The number of imide groups is 1. The molecule has 0 unspecified atom stereocenters. The Morgan fingerprint density at radius 1 is 1.11 bits per heavy atom. The van der Waals surface area contributed by atoms with Gasteiger partial charge in [-0.05, 0) is 59.7 Å². The maximum atomic E-state index is 13.0. The summed E-state index contributed by atoms with van der Waals surface area (Å²) in [5.41, 5.74) is 1.52. The fourth-order valence-electron chi connectivity index (χ4n) is 2.56. The summed E-state index contributed by atoms with van der Waals surface area (Å²) in [5, 5.41) is 11.4. The van der Waals surface area contributed by atoms with Gasteiger partial charge in [0.05, 0.1) is 4.91 Å². The summed E-state index contributed by atoms with van der Waals surface area (Å²) in [6.07, 6.45) is 2.05. The predicted molar refractivity (Wildman–Crippen MR) is 104 cm³/mol. The molecule has 0 atom stereocenters. The number of thioether (sulfide) groups is 1. The lowest BCUT2D eigenvalue weighted by atomic mass is 10.1. The van der Waals surface area contributed by atoms with Gasteiger partial charge in [-0.15, -0.1) is 0 Å². The number of halogens is 1. The summed E-state index contributed by atoms with van der Waals surface area (Å²) >= 11 is 0.746. The van der Waals surface area contributed by atoms with Crippen LogP contribution in [-0.2, 0) is 16.0 Å². The zero-order chi connectivity index (χ0) is 20.1. The Labute approximate surface area is 165 Å². The van der Waals surface area contributed by atoms with E-state index in [9.17, 15) is 23.9 Å². The minimum Gasteiger partial charge on any atom is -0.508 e. The van der Waals surface area contributed by atoms with Crippen molar-refractivity contribution in [1.29, 1.82) is 0 Å². The molecule has 8 heteroatoms. The van der Waals surface area contributed by atoms with Gasteiger partial charge in [-0.25, -0.2) is 4.39 Å². The van der Waals surface area contributed by atoms with Crippen molar-refractivity contribution in [2.45, 2.75) is 6.42 Å². The predicted octanol–water partition coefficient (Wildman–Crippen LogP) is 2.93. The summed E-state index contributed by atoms with van der Waals surface area (Å²) in [6, 6.07) is 12.1. The monoisotopic (exact) mass is 400 g/mol. The highest BCUT2D eigenvalue weighted by molar-refractivity contribution is 8.18. The van der Waals surface area contributed by atoms with Crippen LogP contribution in [0.5, 0.6) is 5.75 Å². The van der Waals surface area contributed by atoms with E-state index < -0.39 is 22.9 Å². The number of carbonyl (C=O) groups excluding carboxylic acids is 3. The molecule has 0 aliphatic carbocycles. The van der Waals surface area contributed by atoms with E-state index in [1.807, 2.05) is 0 Å². The average molecular weight is 400 g/mol. The maximum Gasteiger partial charge on any atom is 0.294 e. The molecule has 2 aromatic carbocycles. The van der Waals surface area contributed by atoms with Crippen molar-refractivity contribution in [2.24, 2.45) is 0 Å². The molecule has 6 nitrogen and oxygen atoms in total. The van der Waals surface area contributed by atoms with Crippen LogP contribution in [0.25, 0.3) is 6.08 Å². The van der Waals surface area contributed by atoms with E-state index in [0.717, 1.165) is 22.2 Å². The fraction of sp³-hybridized carbons (Fsp3) is 0.150. The SMILES string of the molecule is O=C(CN1C(=O)SC(=Cc2ccc(F)cc2)C1=O)NCCc1ccc(O)cc1. The number of aromatic hydroxyl groups is 1. The molecule has 1 aliphatic rings. The van der Waals surface area contributed by atoms with Gasteiger partial charge in [0.15, 0.2) is 0 Å². The molecule has 144 valence electrons. The van der Waals surface area contributed by atoms with Crippen LogP contribution in [0.1, 0.15) is 11.1 Å². The second kappa shape index (κ2) is 8.71. The lowest BCUT2D eigenvalue weighted by molar-refractivity contribution is -0.129. The van der Waals surface area contributed by atoms with Crippen LogP contribution < -0.4 is 5.32 Å². The molecule has 0 spiro atoms. The van der Waals surface area contributed by atoms with Gasteiger partial charge in [0.25, 0.3) is 11.1 Å². The van der Waals surface area contributed by atoms with E-state index in [1.54, 1.807) is 24.3 Å². The first-order valence-corrected chi connectivity index (χ1v) is 9.29. The normalized spacial score (nSPS) is 15.3. The molecular weight excluding hydrogens is 383 g/mol. The number of phenols is 1. The molecule has 1 saturated heterocycles. The third kappa shape index (κ3) is 4.98. The van der Waals surface area contributed by atoms with Crippen molar-refractivity contribution < 1.29 is 23.9 Å². The Hall–Kier alpha value is -3.13. The second-order valence-corrected chi connectivity index (χ2v) is 7.08. The summed E-state index contributed by atoms with van der Waals surface area (Å²) in [4.78, 5) is 37.6. The largest absolute Gasteiger partial charge is 0.508 e. The van der Waals surface area contributed by atoms with Gasteiger partial charge >= 0.3 is 0 Å². The Morgan fingerprint density at radius 2 is 1.79 bits per heavy atom. The van der Waals surface area contributed by atoms with Crippen LogP contribution in [-0.4, -0.2) is 40.1 Å². The van der Waals surface area contributed by atoms with Crippen molar-refractivity contribution in [3.8, 4) is 5.75 Å². The first kappa shape index (κ1) is 19.6. The number of hydrogen-bond donors (Lipinski definition) is 2. The third-order valence-electron chi connectivity index (χ3n) is 4.02. The number of amides is 3. The Bertz CT molecular complexity index is 926. The topological polar surface area (TPSA) is 86.7 Å². The number of phenolic OH excluding ortho intramolecular Hbond substituents is 1. The third-order valence-corrected chi connectivity index (χ3v) is 4.92. The van der Waals surface area contributed by atoms with Gasteiger partial charge in [0, 0.05) is 6.54 Å². The van der Waals surface area contributed by atoms with Crippen molar-refractivity contribution in [2.75, 3.05) is 13.1 Å². The first-order valence-electron chi connectivity index (χ1n) is 8.48. The summed E-state index contributed by atoms with van der Waals surface area (Å²) in [6.45, 7) is -0.0216. The molecule has 3 rings (SSSR count). The van der Waals surface area contributed by atoms with Crippen LogP contribution in [0.4, 0.5) is 9.18 Å². The molecule has 2 aromatic rings. The molecule has 1 aliphatic heterocycles. The van der Waals surface area contributed by atoms with Gasteiger partial charge in [-0.1, -0.05) is 24.3 Å². The summed E-state index contributed by atoms with van der Waals surface area (Å²) < 4.78 is 13.0. The maximum absolute atomic E-state index is 13.0. The quantitative estimate of drug-likeness (QED) is 0.728. The van der Waals surface area contributed by atoms with E-state index in [4.69, 9.17) is 0 Å². The zero-order valence-corrected chi connectivity index (χ0v) is 15.5. The minimum atomic E-state index is -0.548. The molecule has 3 amide bonds. The summed E-state index contributed by atoms with van der Waals surface area (Å²) in [7, 11) is 0. The molecule has 1 heterocycles. The fourth-order valence-corrected chi connectivity index (χ4v) is 3.39. The van der Waals surface area contributed by atoms with E-state index in [-0.39, 0.29) is 17.2 Å². The number of rotatable bonds is 6. The van der Waals surface area contributed by atoms with Crippen LogP contribution in [0, 0.1) is 5.82 Å². The van der Waals surface area contributed by atoms with Gasteiger partial charge in [0.1, 0.15) is 18.1 Å². The van der Waals surface area contributed by atoms with Gasteiger partial charge < -0.3 is 10.4 Å². The molecule has 0 radical (unpaired) electrons. The number of carbonyl (C=O) groups is 3. The first-order chi connectivity index (χ1) is 13.4. The molecule has 2 N–H and O–H groups in total. The highest BCUT2D eigenvalue weighted by Gasteiger charge is 2.36. The number of hydrogen-bond acceptors (Lipinski definition) is 5. The smallest absolute Gasteiger partial charge is 0.294 e. The zero-order valence-electron chi connectivity index (χ0n) is 14.7. The minimum absolute atomic E-state index is 0.167. The van der Waals surface area contributed by atoms with E-state index in [2.05, 4.69) is 5.32 Å². The molecular formula is C20H17FN2O4S. The van der Waals surface area contributed by atoms with Crippen molar-refractivity contribution in [1.82, 2.24) is 10.2 Å². The van der Waals surface area contributed by atoms with Crippen LogP contribution in [0.2, 0.25) is 0 Å². The number of nitrogens with zero attached hydrogens (tertiary/aromatic N) is 1. The highest BCUT2D eigenvalue weighted by atomic mass is 32.2. The van der Waals surface area contributed by atoms with Crippen LogP contribution in [0.3, 0.4) is 0 Å². The molecule has 28 heavy (non-hydrogen) atoms. The lowest BCUT2D eigenvalue weighted by Crippen LogP contribution is -2.40. The van der Waals surface area contributed by atoms with Crippen molar-refractivity contribution in [3.05, 3.63) is 70.4 Å².